The number of carbonyl (C=O) groups is 1. The third kappa shape index (κ3) is 8.82. The molecule has 0 aromatic carbocycles. The Morgan fingerprint density at radius 3 is 2.74 bits per heavy atom. The maximum Gasteiger partial charge on any atom is 0.330 e. The molecule has 1 rings (SSSR count). The minimum atomic E-state index is -0.174. The summed E-state index contributed by atoms with van der Waals surface area (Å²) in [4.78, 5) is 11.5. The van der Waals surface area contributed by atoms with E-state index in [-0.39, 0.29) is 12.1 Å². The molecular weight excluding hydrogens is 240 g/mol. The fourth-order valence-electron chi connectivity index (χ4n) is 2.47. The smallest absolute Gasteiger partial charge is 0.330 e. The summed E-state index contributed by atoms with van der Waals surface area (Å²) in [6.45, 7) is 0.298. The van der Waals surface area contributed by atoms with E-state index >= 15 is 0 Å². The third-order valence-corrected chi connectivity index (χ3v) is 3.62. The molecule has 0 saturated carbocycles. The lowest BCUT2D eigenvalue weighted by Crippen LogP contribution is -2.17. The molecule has 0 amide bonds. The zero-order valence-electron chi connectivity index (χ0n) is 12.0. The summed E-state index contributed by atoms with van der Waals surface area (Å²) in [6.07, 6.45) is 15.6. The number of hydrogen-bond acceptors (Lipinski definition) is 3. The van der Waals surface area contributed by atoms with Crippen molar-refractivity contribution in [2.24, 2.45) is 0 Å². The summed E-state index contributed by atoms with van der Waals surface area (Å²) < 4.78 is 5.49. The molecule has 1 heterocycles. The Kier molecular flexibility index (Phi) is 9.42. The topological polar surface area (TPSA) is 46.5 Å². The summed E-state index contributed by atoms with van der Waals surface area (Å²) >= 11 is 0. The van der Waals surface area contributed by atoms with Crippen LogP contribution >= 0.6 is 0 Å². The minimum absolute atomic E-state index is 0.105. The van der Waals surface area contributed by atoms with E-state index in [0.717, 1.165) is 44.9 Å². The second-order valence-corrected chi connectivity index (χ2v) is 5.38. The third-order valence-electron chi connectivity index (χ3n) is 3.62. The van der Waals surface area contributed by atoms with Crippen molar-refractivity contribution in [2.45, 2.75) is 76.7 Å². The van der Waals surface area contributed by atoms with E-state index in [1.807, 2.05) is 6.08 Å². The van der Waals surface area contributed by atoms with Crippen LogP contribution in [0.5, 0.6) is 0 Å². The molecule has 0 radical (unpaired) electrons. The van der Waals surface area contributed by atoms with Crippen LogP contribution < -0.4 is 0 Å². The van der Waals surface area contributed by atoms with E-state index in [1.54, 1.807) is 6.08 Å². The van der Waals surface area contributed by atoms with Crippen LogP contribution in [0, 0.1) is 0 Å². The fourth-order valence-corrected chi connectivity index (χ4v) is 2.47. The fraction of sp³-hybridized carbons (Fsp3) is 0.812. The maximum atomic E-state index is 11.5. The highest BCUT2D eigenvalue weighted by atomic mass is 16.5. The average Bonchev–Trinajstić information content (AvgIpc) is 2.41. The number of cyclic esters (lactones) is 1. The predicted molar refractivity (Wildman–Crippen MR) is 76.9 cm³/mol. The molecule has 1 unspecified atom stereocenters. The standard InChI is InChI=1S/C16H28O3/c17-14-10-6-2-4-8-12-15-11-7-3-1-5-9-13-16(18)19-15/h9,13,15,17H,1-8,10-12,14H2. The van der Waals surface area contributed by atoms with Gasteiger partial charge in [-0.1, -0.05) is 31.8 Å². The molecule has 3 heteroatoms. The van der Waals surface area contributed by atoms with Gasteiger partial charge in [-0.3, -0.25) is 0 Å². The second kappa shape index (κ2) is 11.0. The van der Waals surface area contributed by atoms with Crippen LogP contribution in [0.1, 0.15) is 70.6 Å². The van der Waals surface area contributed by atoms with Gasteiger partial charge in [-0.05, 0) is 44.9 Å². The number of ether oxygens (including phenoxy) is 1. The van der Waals surface area contributed by atoms with Crippen molar-refractivity contribution in [1.82, 2.24) is 0 Å². The second-order valence-electron chi connectivity index (χ2n) is 5.38. The molecule has 0 bridgehead atoms. The van der Waals surface area contributed by atoms with E-state index in [4.69, 9.17) is 9.84 Å². The zero-order valence-corrected chi connectivity index (χ0v) is 12.0. The minimum Gasteiger partial charge on any atom is -0.459 e. The Hall–Kier alpha value is -0.830. The highest BCUT2D eigenvalue weighted by Gasteiger charge is 2.13. The summed E-state index contributed by atoms with van der Waals surface area (Å²) in [5.41, 5.74) is 0. The number of aliphatic hydroxyl groups is 1. The van der Waals surface area contributed by atoms with Gasteiger partial charge in [-0.15, -0.1) is 0 Å². The molecule has 1 aliphatic heterocycles. The lowest BCUT2D eigenvalue weighted by atomic mass is 10.0. The van der Waals surface area contributed by atoms with Gasteiger partial charge in [-0.2, -0.15) is 0 Å². The number of hydrogen-bond donors (Lipinski definition) is 1. The van der Waals surface area contributed by atoms with Crippen molar-refractivity contribution in [3.8, 4) is 0 Å². The first-order valence-corrected chi connectivity index (χ1v) is 7.81. The summed E-state index contributed by atoms with van der Waals surface area (Å²) in [5, 5.41) is 8.70. The van der Waals surface area contributed by atoms with Crippen LogP contribution in [0.3, 0.4) is 0 Å². The zero-order chi connectivity index (χ0) is 13.8. The average molecular weight is 268 g/mol. The van der Waals surface area contributed by atoms with Crippen molar-refractivity contribution in [2.75, 3.05) is 6.61 Å². The van der Waals surface area contributed by atoms with E-state index < -0.39 is 0 Å². The summed E-state index contributed by atoms with van der Waals surface area (Å²) in [7, 11) is 0. The first-order valence-electron chi connectivity index (χ1n) is 7.81. The van der Waals surface area contributed by atoms with Crippen molar-refractivity contribution in [3.05, 3.63) is 12.2 Å². The Bertz CT molecular complexity index is 261. The van der Waals surface area contributed by atoms with Crippen LogP contribution in [0.15, 0.2) is 12.2 Å². The largest absolute Gasteiger partial charge is 0.459 e. The molecule has 0 fully saturated rings. The molecule has 0 saturated heterocycles. The monoisotopic (exact) mass is 268 g/mol. The van der Waals surface area contributed by atoms with E-state index in [9.17, 15) is 4.79 Å². The van der Waals surface area contributed by atoms with Crippen LogP contribution in [-0.4, -0.2) is 23.8 Å². The molecule has 0 aliphatic carbocycles. The molecule has 1 atom stereocenters. The van der Waals surface area contributed by atoms with Gasteiger partial charge in [0.2, 0.25) is 0 Å². The van der Waals surface area contributed by atoms with Crippen molar-refractivity contribution >= 4 is 5.97 Å². The number of carbonyl (C=O) groups excluding carboxylic acids is 1. The normalized spacial score (nSPS) is 21.1. The number of aliphatic hydroxyl groups excluding tert-OH is 1. The maximum absolute atomic E-state index is 11.5. The number of esters is 1. The molecule has 1 aliphatic rings. The van der Waals surface area contributed by atoms with Crippen LogP contribution in [0.25, 0.3) is 0 Å². The first-order chi connectivity index (χ1) is 9.33. The molecule has 19 heavy (non-hydrogen) atoms. The van der Waals surface area contributed by atoms with Gasteiger partial charge in [0.25, 0.3) is 0 Å². The van der Waals surface area contributed by atoms with Crippen molar-refractivity contribution < 1.29 is 14.6 Å². The molecule has 0 spiro atoms. The highest BCUT2D eigenvalue weighted by Crippen LogP contribution is 2.17. The Labute approximate surface area is 117 Å². The van der Waals surface area contributed by atoms with Crippen molar-refractivity contribution in [1.29, 1.82) is 0 Å². The summed E-state index contributed by atoms with van der Waals surface area (Å²) in [5.74, 6) is -0.174. The molecule has 3 nitrogen and oxygen atoms in total. The Morgan fingerprint density at radius 2 is 1.89 bits per heavy atom. The Morgan fingerprint density at radius 1 is 1.11 bits per heavy atom. The van der Waals surface area contributed by atoms with Gasteiger partial charge >= 0.3 is 5.97 Å². The predicted octanol–water partition coefficient (Wildman–Crippen LogP) is 3.75. The van der Waals surface area contributed by atoms with Gasteiger partial charge in [0.15, 0.2) is 0 Å². The van der Waals surface area contributed by atoms with Gasteiger partial charge in [0, 0.05) is 12.7 Å². The SMILES string of the molecule is O=C1C=CCCCCCC(CCCCCCCO)O1. The molecule has 110 valence electrons. The van der Waals surface area contributed by atoms with E-state index in [0.29, 0.717) is 6.61 Å². The van der Waals surface area contributed by atoms with E-state index in [1.165, 1.54) is 25.7 Å². The van der Waals surface area contributed by atoms with Gasteiger partial charge < -0.3 is 9.84 Å². The van der Waals surface area contributed by atoms with Crippen LogP contribution in [0.4, 0.5) is 0 Å². The lowest BCUT2D eigenvalue weighted by molar-refractivity contribution is -0.143. The molecule has 0 aromatic heterocycles. The Balaban J connectivity index is 2.19. The van der Waals surface area contributed by atoms with Gasteiger partial charge in [0.05, 0.1) is 0 Å². The molecule has 0 aromatic rings. The summed E-state index contributed by atoms with van der Waals surface area (Å²) in [6, 6.07) is 0. The van der Waals surface area contributed by atoms with Crippen LogP contribution in [0.2, 0.25) is 0 Å². The van der Waals surface area contributed by atoms with Gasteiger partial charge in [-0.25, -0.2) is 4.79 Å². The lowest BCUT2D eigenvalue weighted by Gasteiger charge is -2.17. The molecule has 1 N–H and O–H groups in total. The number of rotatable bonds is 7. The van der Waals surface area contributed by atoms with Crippen molar-refractivity contribution in [3.63, 3.8) is 0 Å². The van der Waals surface area contributed by atoms with Crippen LogP contribution in [-0.2, 0) is 9.53 Å². The van der Waals surface area contributed by atoms with E-state index in [2.05, 4.69) is 0 Å². The molecular formula is C16H28O3. The first kappa shape index (κ1) is 16.2. The number of allylic oxidation sites excluding steroid dienone is 1. The van der Waals surface area contributed by atoms with Gasteiger partial charge in [0.1, 0.15) is 6.10 Å². The quantitative estimate of drug-likeness (QED) is 0.565. The number of unbranched alkanes of at least 4 members (excludes halogenated alkanes) is 4. The highest BCUT2D eigenvalue weighted by molar-refractivity contribution is 5.82.